The molecule has 194 valence electrons. The van der Waals surface area contributed by atoms with E-state index >= 15 is 0 Å². The molecule has 2 aromatic carbocycles. The smallest absolute Gasteiger partial charge is 0.347 e. The van der Waals surface area contributed by atoms with Crippen molar-refractivity contribution in [2.45, 2.75) is 58.0 Å². The molecule has 0 radical (unpaired) electrons. The first kappa shape index (κ1) is 26.5. The van der Waals surface area contributed by atoms with Crippen LogP contribution in [0, 0.1) is 10.1 Å². The summed E-state index contributed by atoms with van der Waals surface area (Å²) in [6.45, 7) is 3.26. The number of para-hydroxylation sites is 1. The van der Waals surface area contributed by atoms with Gasteiger partial charge >= 0.3 is 11.7 Å². The van der Waals surface area contributed by atoms with E-state index in [1.165, 1.54) is 29.9 Å². The van der Waals surface area contributed by atoms with Crippen LogP contribution in [0.15, 0.2) is 50.8 Å². The summed E-state index contributed by atoms with van der Waals surface area (Å²) in [7, 11) is 0. The van der Waals surface area contributed by atoms with E-state index < -0.39 is 17.0 Å². The third-order valence-electron chi connectivity index (χ3n) is 6.25. The highest BCUT2D eigenvalue weighted by Gasteiger charge is 2.25. The Labute approximate surface area is 221 Å². The van der Waals surface area contributed by atoms with Gasteiger partial charge in [-0.25, -0.2) is 9.78 Å². The van der Waals surface area contributed by atoms with Crippen LogP contribution in [-0.4, -0.2) is 39.5 Å². The molecule has 1 saturated carbocycles. The first-order chi connectivity index (χ1) is 17.8. The first-order valence-corrected chi connectivity index (χ1v) is 13.0. The largest absolute Gasteiger partial charge is 0.471 e. The molecule has 3 aromatic rings. The zero-order valence-electron chi connectivity index (χ0n) is 20.6. The normalized spacial score (nSPS) is 15.1. The highest BCUT2D eigenvalue weighted by atomic mass is 79.9. The van der Waals surface area contributed by atoms with Crippen molar-refractivity contribution in [3.63, 3.8) is 0 Å². The molecule has 0 bridgehead atoms. The van der Waals surface area contributed by atoms with Gasteiger partial charge in [0.25, 0.3) is 5.56 Å². The van der Waals surface area contributed by atoms with E-state index in [0.717, 1.165) is 36.6 Å². The number of carbonyl (C=O) groups is 1. The lowest BCUT2D eigenvalue weighted by atomic mass is 9.88. The highest BCUT2D eigenvalue weighted by Crippen LogP contribution is 2.33. The predicted octanol–water partition coefficient (Wildman–Crippen LogP) is 5.33. The Morgan fingerprint density at radius 1 is 1.30 bits per heavy atom. The summed E-state index contributed by atoms with van der Waals surface area (Å²) in [6.07, 6.45) is 5.25. The van der Waals surface area contributed by atoms with Crippen LogP contribution in [-0.2, 0) is 9.53 Å². The molecule has 1 aromatic heterocycles. The quantitative estimate of drug-likeness (QED) is 0.155. The SMILES string of the molecule is CCOC(=O)[C@H](C)Oc1c(C=Nn2c(C3CCCCC3)nc3ccc(Br)cc3c2=O)cccc1[N+](=O)[O-]. The van der Waals surface area contributed by atoms with Crippen molar-refractivity contribution < 1.29 is 19.2 Å². The van der Waals surface area contributed by atoms with E-state index in [4.69, 9.17) is 14.5 Å². The van der Waals surface area contributed by atoms with Gasteiger partial charge in [-0.1, -0.05) is 41.3 Å². The van der Waals surface area contributed by atoms with Crippen molar-refractivity contribution in [1.82, 2.24) is 9.66 Å². The average molecular weight is 571 g/mol. The number of halogens is 1. The minimum atomic E-state index is -1.09. The molecule has 1 heterocycles. The van der Waals surface area contributed by atoms with E-state index in [0.29, 0.717) is 16.7 Å². The second kappa shape index (κ2) is 11.6. The standard InChI is InChI=1S/C26H27BrN4O6/c1-3-36-26(33)16(2)37-23-18(10-7-11-22(23)31(34)35)15-28-30-24(17-8-5-4-6-9-17)29-21-13-12-19(27)14-20(21)25(30)32/h7,10-17H,3-6,8-9H2,1-2H3/t16-/m0/s1. The zero-order valence-corrected chi connectivity index (χ0v) is 22.1. The van der Waals surface area contributed by atoms with Gasteiger partial charge in [-0.15, -0.1) is 0 Å². The van der Waals surface area contributed by atoms with Gasteiger partial charge in [0, 0.05) is 22.0 Å². The number of esters is 1. The maximum atomic E-state index is 13.6. The van der Waals surface area contributed by atoms with Crippen LogP contribution in [0.25, 0.3) is 10.9 Å². The molecule has 1 fully saturated rings. The molecule has 4 rings (SSSR count). The van der Waals surface area contributed by atoms with E-state index in [1.54, 1.807) is 25.1 Å². The number of hydrogen-bond donors (Lipinski definition) is 0. The second-order valence-corrected chi connectivity index (χ2v) is 9.71. The fraction of sp³-hybridized carbons (Fsp3) is 0.385. The number of nitro groups is 1. The van der Waals surface area contributed by atoms with Gasteiger partial charge < -0.3 is 9.47 Å². The molecular formula is C26H27BrN4O6. The Morgan fingerprint density at radius 3 is 2.76 bits per heavy atom. The average Bonchev–Trinajstić information content (AvgIpc) is 2.89. The van der Waals surface area contributed by atoms with Gasteiger partial charge in [0.2, 0.25) is 5.75 Å². The second-order valence-electron chi connectivity index (χ2n) is 8.79. The summed E-state index contributed by atoms with van der Waals surface area (Å²) < 4.78 is 12.7. The van der Waals surface area contributed by atoms with Crippen LogP contribution >= 0.6 is 15.9 Å². The Bertz CT molecular complexity index is 1410. The number of nitro benzene ring substituents is 1. The molecule has 0 aliphatic heterocycles. The van der Waals surface area contributed by atoms with Crippen LogP contribution < -0.4 is 10.3 Å². The topological polar surface area (TPSA) is 126 Å². The fourth-order valence-electron chi connectivity index (χ4n) is 4.42. The summed E-state index contributed by atoms with van der Waals surface area (Å²) >= 11 is 3.41. The lowest BCUT2D eigenvalue weighted by Gasteiger charge is -2.22. The van der Waals surface area contributed by atoms with E-state index in [2.05, 4.69) is 21.0 Å². The third-order valence-corrected chi connectivity index (χ3v) is 6.74. The van der Waals surface area contributed by atoms with Crippen molar-refractivity contribution in [2.75, 3.05) is 6.61 Å². The van der Waals surface area contributed by atoms with Crippen LogP contribution in [0.1, 0.15) is 63.3 Å². The summed E-state index contributed by atoms with van der Waals surface area (Å²) in [5.74, 6) is -0.163. The molecule has 11 heteroatoms. The molecule has 0 N–H and O–H groups in total. The minimum Gasteiger partial charge on any atom is -0.471 e. The number of benzene rings is 2. The van der Waals surface area contributed by atoms with E-state index in [-0.39, 0.29) is 35.1 Å². The van der Waals surface area contributed by atoms with Gasteiger partial charge in [0.05, 0.1) is 28.6 Å². The first-order valence-electron chi connectivity index (χ1n) is 12.2. The molecule has 10 nitrogen and oxygen atoms in total. The summed E-state index contributed by atoms with van der Waals surface area (Å²) in [6, 6.07) is 9.67. The van der Waals surface area contributed by atoms with Gasteiger partial charge in [-0.3, -0.25) is 14.9 Å². The van der Waals surface area contributed by atoms with Gasteiger partial charge in [-0.05, 0) is 51.0 Å². The van der Waals surface area contributed by atoms with Crippen molar-refractivity contribution in [3.8, 4) is 5.75 Å². The number of rotatable bonds is 8. The van der Waals surface area contributed by atoms with Crippen LogP contribution in [0.4, 0.5) is 5.69 Å². The van der Waals surface area contributed by atoms with Gasteiger partial charge in [0.1, 0.15) is 5.82 Å². The van der Waals surface area contributed by atoms with Gasteiger partial charge in [-0.2, -0.15) is 9.78 Å². The number of hydrogen-bond acceptors (Lipinski definition) is 8. The Kier molecular flexibility index (Phi) is 8.32. The van der Waals surface area contributed by atoms with Crippen molar-refractivity contribution in [3.05, 3.63) is 72.7 Å². The zero-order chi connectivity index (χ0) is 26.5. The third kappa shape index (κ3) is 5.87. The van der Waals surface area contributed by atoms with Crippen molar-refractivity contribution in [1.29, 1.82) is 0 Å². The molecule has 0 amide bonds. The van der Waals surface area contributed by atoms with E-state index in [9.17, 15) is 19.7 Å². The molecule has 1 aliphatic rings. The Hall–Kier alpha value is -3.60. The Morgan fingerprint density at radius 2 is 2.05 bits per heavy atom. The molecule has 0 unspecified atom stereocenters. The lowest BCUT2D eigenvalue weighted by Crippen LogP contribution is -2.27. The number of fused-ring (bicyclic) bond motifs is 1. The maximum Gasteiger partial charge on any atom is 0.347 e. The fourth-order valence-corrected chi connectivity index (χ4v) is 4.78. The number of carbonyl (C=O) groups excluding carboxylic acids is 1. The number of nitrogens with zero attached hydrogens (tertiary/aromatic N) is 4. The lowest BCUT2D eigenvalue weighted by molar-refractivity contribution is -0.386. The molecule has 1 aliphatic carbocycles. The highest BCUT2D eigenvalue weighted by molar-refractivity contribution is 9.10. The monoisotopic (exact) mass is 570 g/mol. The van der Waals surface area contributed by atoms with Crippen LogP contribution in [0.3, 0.4) is 0 Å². The van der Waals surface area contributed by atoms with Gasteiger partial charge in [0.15, 0.2) is 6.10 Å². The van der Waals surface area contributed by atoms with E-state index in [1.807, 2.05) is 6.07 Å². The minimum absolute atomic E-state index is 0.0660. The molecule has 0 saturated heterocycles. The van der Waals surface area contributed by atoms with Crippen molar-refractivity contribution >= 4 is 44.7 Å². The molecule has 0 spiro atoms. The van der Waals surface area contributed by atoms with Crippen LogP contribution in [0.2, 0.25) is 0 Å². The molecule has 37 heavy (non-hydrogen) atoms. The summed E-state index contributed by atoms with van der Waals surface area (Å²) in [4.78, 5) is 41.6. The molecule has 1 atom stereocenters. The summed E-state index contributed by atoms with van der Waals surface area (Å²) in [5.41, 5.74) is 0.153. The summed E-state index contributed by atoms with van der Waals surface area (Å²) in [5, 5.41) is 16.6. The van der Waals surface area contributed by atoms with Crippen LogP contribution in [0.5, 0.6) is 5.75 Å². The Balaban J connectivity index is 1.83. The number of aromatic nitrogens is 2. The van der Waals surface area contributed by atoms with Crippen molar-refractivity contribution in [2.24, 2.45) is 5.10 Å². The number of ether oxygens (including phenoxy) is 2. The molecular weight excluding hydrogens is 544 g/mol. The predicted molar refractivity (Wildman–Crippen MR) is 142 cm³/mol. The maximum absolute atomic E-state index is 13.6.